The van der Waals surface area contributed by atoms with Crippen LogP contribution >= 0.6 is 0 Å². The normalized spacial score (nSPS) is 33.2. The SMILES string of the molecule is CCCc1nc(C2(N)CC(C)N(C3CC3)C2)no1. The van der Waals surface area contributed by atoms with Gasteiger partial charge < -0.3 is 10.3 Å². The van der Waals surface area contributed by atoms with Gasteiger partial charge in [0.25, 0.3) is 0 Å². The van der Waals surface area contributed by atoms with Gasteiger partial charge in [-0.2, -0.15) is 4.98 Å². The summed E-state index contributed by atoms with van der Waals surface area (Å²) in [6.07, 6.45) is 5.41. The Kier molecular flexibility index (Phi) is 2.90. The van der Waals surface area contributed by atoms with Crippen molar-refractivity contribution in [2.75, 3.05) is 6.54 Å². The molecule has 18 heavy (non-hydrogen) atoms. The van der Waals surface area contributed by atoms with Gasteiger partial charge in [0.1, 0.15) is 0 Å². The first-order chi connectivity index (χ1) is 8.62. The van der Waals surface area contributed by atoms with Gasteiger partial charge in [0, 0.05) is 25.0 Å². The summed E-state index contributed by atoms with van der Waals surface area (Å²) >= 11 is 0. The molecule has 1 saturated carbocycles. The van der Waals surface area contributed by atoms with E-state index in [9.17, 15) is 0 Å². The molecule has 0 amide bonds. The van der Waals surface area contributed by atoms with Crippen molar-refractivity contribution >= 4 is 0 Å². The fraction of sp³-hybridized carbons (Fsp3) is 0.846. The second-order valence-corrected chi connectivity index (χ2v) is 5.87. The van der Waals surface area contributed by atoms with Crippen LogP contribution in [0.1, 0.15) is 51.2 Å². The molecule has 2 unspecified atom stereocenters. The van der Waals surface area contributed by atoms with Gasteiger partial charge in [-0.1, -0.05) is 12.1 Å². The van der Waals surface area contributed by atoms with Crippen LogP contribution in [-0.2, 0) is 12.0 Å². The molecule has 5 nitrogen and oxygen atoms in total. The van der Waals surface area contributed by atoms with Crippen molar-refractivity contribution in [2.45, 2.75) is 63.6 Å². The highest BCUT2D eigenvalue weighted by Gasteiger charge is 2.48. The highest BCUT2D eigenvalue weighted by Crippen LogP contribution is 2.39. The summed E-state index contributed by atoms with van der Waals surface area (Å²) in [5, 5.41) is 4.10. The van der Waals surface area contributed by atoms with Crippen LogP contribution in [0.3, 0.4) is 0 Å². The summed E-state index contributed by atoms with van der Waals surface area (Å²) in [5.74, 6) is 1.41. The van der Waals surface area contributed by atoms with E-state index in [0.717, 1.165) is 37.7 Å². The first-order valence-corrected chi connectivity index (χ1v) is 7.00. The molecule has 1 aliphatic carbocycles. The van der Waals surface area contributed by atoms with Crippen molar-refractivity contribution in [1.29, 1.82) is 0 Å². The van der Waals surface area contributed by atoms with Crippen LogP contribution in [-0.4, -0.2) is 33.7 Å². The molecule has 1 aromatic rings. The molecule has 1 aliphatic heterocycles. The Balaban J connectivity index is 1.77. The molecule has 2 N–H and O–H groups in total. The Morgan fingerprint density at radius 1 is 1.50 bits per heavy atom. The van der Waals surface area contributed by atoms with Crippen LogP contribution in [0.15, 0.2) is 4.52 Å². The maximum absolute atomic E-state index is 6.51. The van der Waals surface area contributed by atoms with E-state index in [4.69, 9.17) is 10.3 Å². The van der Waals surface area contributed by atoms with Crippen molar-refractivity contribution in [3.8, 4) is 0 Å². The number of aromatic nitrogens is 2. The zero-order valence-electron chi connectivity index (χ0n) is 11.2. The molecule has 2 atom stereocenters. The molecule has 3 rings (SSSR count). The van der Waals surface area contributed by atoms with Crippen molar-refractivity contribution in [3.63, 3.8) is 0 Å². The van der Waals surface area contributed by atoms with E-state index in [1.54, 1.807) is 0 Å². The lowest BCUT2D eigenvalue weighted by molar-refractivity contribution is 0.247. The molecule has 0 bridgehead atoms. The minimum absolute atomic E-state index is 0.419. The highest BCUT2D eigenvalue weighted by molar-refractivity contribution is 5.12. The van der Waals surface area contributed by atoms with Crippen molar-refractivity contribution < 1.29 is 4.52 Å². The van der Waals surface area contributed by atoms with Gasteiger partial charge in [0.05, 0.1) is 5.54 Å². The maximum atomic E-state index is 6.51. The zero-order valence-corrected chi connectivity index (χ0v) is 11.2. The fourth-order valence-corrected chi connectivity index (χ4v) is 3.02. The van der Waals surface area contributed by atoms with E-state index < -0.39 is 5.54 Å². The van der Waals surface area contributed by atoms with E-state index >= 15 is 0 Å². The van der Waals surface area contributed by atoms with Crippen LogP contribution in [0.5, 0.6) is 0 Å². The Morgan fingerprint density at radius 3 is 2.94 bits per heavy atom. The Morgan fingerprint density at radius 2 is 2.28 bits per heavy atom. The van der Waals surface area contributed by atoms with E-state index in [2.05, 4.69) is 28.9 Å². The number of aryl methyl sites for hydroxylation is 1. The average Bonchev–Trinajstić information content (AvgIpc) is 2.97. The predicted octanol–water partition coefficient (Wildman–Crippen LogP) is 1.43. The van der Waals surface area contributed by atoms with Gasteiger partial charge in [-0.25, -0.2) is 0 Å². The molecule has 2 aliphatic rings. The van der Waals surface area contributed by atoms with Gasteiger partial charge >= 0.3 is 0 Å². The molecule has 5 heteroatoms. The van der Waals surface area contributed by atoms with Gasteiger partial charge in [-0.3, -0.25) is 4.90 Å². The van der Waals surface area contributed by atoms with Crippen LogP contribution in [0, 0.1) is 0 Å². The van der Waals surface area contributed by atoms with Crippen LogP contribution in [0.4, 0.5) is 0 Å². The number of likely N-dealkylation sites (tertiary alicyclic amines) is 1. The Hall–Kier alpha value is -0.940. The number of hydrogen-bond acceptors (Lipinski definition) is 5. The lowest BCUT2D eigenvalue weighted by atomic mass is 9.97. The molecule has 0 radical (unpaired) electrons. The first kappa shape index (κ1) is 12.1. The second kappa shape index (κ2) is 4.31. The molecular weight excluding hydrogens is 228 g/mol. The summed E-state index contributed by atoms with van der Waals surface area (Å²) < 4.78 is 5.27. The highest BCUT2D eigenvalue weighted by atomic mass is 16.5. The van der Waals surface area contributed by atoms with Crippen LogP contribution in [0.25, 0.3) is 0 Å². The summed E-state index contributed by atoms with van der Waals surface area (Å²) in [6.45, 7) is 5.22. The quantitative estimate of drug-likeness (QED) is 0.875. The monoisotopic (exact) mass is 250 g/mol. The number of hydrogen-bond donors (Lipinski definition) is 1. The van der Waals surface area contributed by atoms with Crippen molar-refractivity contribution in [3.05, 3.63) is 11.7 Å². The zero-order chi connectivity index (χ0) is 12.8. The number of rotatable bonds is 4. The lowest BCUT2D eigenvalue weighted by Gasteiger charge is -2.21. The number of nitrogens with zero attached hydrogens (tertiary/aromatic N) is 3. The van der Waals surface area contributed by atoms with E-state index in [1.807, 2.05) is 0 Å². The van der Waals surface area contributed by atoms with Gasteiger partial charge in [-0.15, -0.1) is 0 Å². The van der Waals surface area contributed by atoms with E-state index in [1.165, 1.54) is 12.8 Å². The van der Waals surface area contributed by atoms with Crippen LogP contribution < -0.4 is 5.73 Å². The topological polar surface area (TPSA) is 68.2 Å². The Labute approximate surface area is 108 Å². The summed E-state index contributed by atoms with van der Waals surface area (Å²) in [5.41, 5.74) is 6.09. The second-order valence-electron chi connectivity index (χ2n) is 5.87. The van der Waals surface area contributed by atoms with E-state index in [0.29, 0.717) is 11.9 Å². The third kappa shape index (κ3) is 2.06. The third-order valence-corrected chi connectivity index (χ3v) is 4.08. The van der Waals surface area contributed by atoms with E-state index in [-0.39, 0.29) is 0 Å². The molecule has 0 spiro atoms. The minimum atomic E-state index is -0.419. The largest absolute Gasteiger partial charge is 0.339 e. The summed E-state index contributed by atoms with van der Waals surface area (Å²) in [4.78, 5) is 6.98. The standard InChI is InChI=1S/C13H22N4O/c1-3-4-11-15-12(16-18-11)13(14)7-9(2)17(8-13)10-5-6-10/h9-10H,3-8,14H2,1-2H3. The lowest BCUT2D eigenvalue weighted by Crippen LogP contribution is -2.41. The molecule has 100 valence electrons. The fourth-order valence-electron chi connectivity index (χ4n) is 3.02. The van der Waals surface area contributed by atoms with Crippen LogP contribution in [0.2, 0.25) is 0 Å². The average molecular weight is 250 g/mol. The van der Waals surface area contributed by atoms with Crippen molar-refractivity contribution in [1.82, 2.24) is 15.0 Å². The first-order valence-electron chi connectivity index (χ1n) is 7.00. The minimum Gasteiger partial charge on any atom is -0.339 e. The maximum Gasteiger partial charge on any atom is 0.226 e. The Bertz CT molecular complexity index is 428. The third-order valence-electron chi connectivity index (χ3n) is 4.08. The molecule has 2 fully saturated rings. The molecular formula is C13H22N4O. The van der Waals surface area contributed by atoms with Gasteiger partial charge in [-0.05, 0) is 32.6 Å². The van der Waals surface area contributed by atoms with Gasteiger partial charge in [0.15, 0.2) is 5.82 Å². The summed E-state index contributed by atoms with van der Waals surface area (Å²) in [7, 11) is 0. The molecule has 0 aromatic carbocycles. The molecule has 2 heterocycles. The number of nitrogens with two attached hydrogens (primary N) is 1. The molecule has 1 saturated heterocycles. The summed E-state index contributed by atoms with van der Waals surface area (Å²) in [6, 6.07) is 1.27. The predicted molar refractivity (Wildman–Crippen MR) is 68.0 cm³/mol. The smallest absolute Gasteiger partial charge is 0.226 e. The van der Waals surface area contributed by atoms with Gasteiger partial charge in [0.2, 0.25) is 5.89 Å². The molecule has 1 aromatic heterocycles. The van der Waals surface area contributed by atoms with Crippen molar-refractivity contribution in [2.24, 2.45) is 5.73 Å².